The predicted molar refractivity (Wildman–Crippen MR) is 110 cm³/mol. The van der Waals surface area contributed by atoms with Gasteiger partial charge in [-0.25, -0.2) is 0 Å². The van der Waals surface area contributed by atoms with Crippen molar-refractivity contribution in [2.24, 2.45) is 7.05 Å². The van der Waals surface area contributed by atoms with Gasteiger partial charge in [-0.05, 0) is 25.0 Å². The second-order valence-electron chi connectivity index (χ2n) is 7.04. The molecule has 1 aromatic heterocycles. The van der Waals surface area contributed by atoms with Crippen molar-refractivity contribution in [1.82, 2.24) is 14.4 Å². The van der Waals surface area contributed by atoms with Gasteiger partial charge >= 0.3 is 0 Å². The lowest BCUT2D eigenvalue weighted by Gasteiger charge is -2.28. The first-order valence-corrected chi connectivity index (χ1v) is 10.2. The van der Waals surface area contributed by atoms with E-state index in [1.54, 1.807) is 24.0 Å². The predicted octanol–water partition coefficient (Wildman–Crippen LogP) is 2.45. The number of hydrogen-bond donors (Lipinski definition) is 0. The molecule has 2 amide bonds. The highest BCUT2D eigenvalue weighted by molar-refractivity contribution is 5.84. The van der Waals surface area contributed by atoms with E-state index < -0.39 is 0 Å². The van der Waals surface area contributed by atoms with Crippen LogP contribution in [0.2, 0.25) is 0 Å². The maximum absolute atomic E-state index is 13.0. The quantitative estimate of drug-likeness (QED) is 0.428. The summed E-state index contributed by atoms with van der Waals surface area (Å²) in [5, 5.41) is 0. The zero-order valence-corrected chi connectivity index (χ0v) is 18.0. The largest absolute Gasteiger partial charge is 0.385 e. The fraction of sp³-hybridized carbons (Fsp3) is 0.714. The van der Waals surface area contributed by atoms with Crippen molar-refractivity contribution in [2.75, 3.05) is 47.1 Å². The van der Waals surface area contributed by atoms with Crippen molar-refractivity contribution in [2.45, 2.75) is 45.6 Å². The molecule has 0 atom stereocenters. The molecule has 0 radical (unpaired) electrons. The highest BCUT2D eigenvalue weighted by Crippen LogP contribution is 2.09. The Balaban J connectivity index is 2.77. The van der Waals surface area contributed by atoms with E-state index in [1.807, 2.05) is 29.9 Å². The summed E-state index contributed by atoms with van der Waals surface area (Å²) in [7, 11) is 5.23. The van der Waals surface area contributed by atoms with Crippen LogP contribution in [0.15, 0.2) is 18.3 Å². The van der Waals surface area contributed by atoms with Gasteiger partial charge in [-0.15, -0.1) is 0 Å². The summed E-state index contributed by atoms with van der Waals surface area (Å²) in [4.78, 5) is 29.1. The second-order valence-corrected chi connectivity index (χ2v) is 7.04. The summed E-state index contributed by atoms with van der Waals surface area (Å²) in [6.07, 6.45) is 6.13. The molecule has 0 N–H and O–H groups in total. The number of ether oxygens (including phenoxy) is 2. The average molecular weight is 396 g/mol. The summed E-state index contributed by atoms with van der Waals surface area (Å²) in [5.74, 6) is -0.0111. The summed E-state index contributed by atoms with van der Waals surface area (Å²) in [5.41, 5.74) is 1.05. The first kappa shape index (κ1) is 24.2. The van der Waals surface area contributed by atoms with Crippen molar-refractivity contribution >= 4 is 11.8 Å². The van der Waals surface area contributed by atoms with E-state index in [0.717, 1.165) is 31.4 Å². The summed E-state index contributed by atoms with van der Waals surface area (Å²) in [6.45, 7) is 4.78. The molecule has 7 nitrogen and oxygen atoms in total. The maximum atomic E-state index is 13.0. The minimum atomic E-state index is -0.0560. The molecule has 0 spiro atoms. The molecule has 0 saturated carbocycles. The lowest BCUT2D eigenvalue weighted by Crippen LogP contribution is -2.44. The molecule has 160 valence electrons. The highest BCUT2D eigenvalue weighted by atomic mass is 16.5. The number of amides is 2. The van der Waals surface area contributed by atoms with Gasteiger partial charge in [0.05, 0.1) is 19.7 Å². The van der Waals surface area contributed by atoms with Crippen molar-refractivity contribution in [1.29, 1.82) is 0 Å². The normalized spacial score (nSPS) is 10.9. The van der Waals surface area contributed by atoms with Gasteiger partial charge in [0.25, 0.3) is 0 Å². The molecule has 0 saturated heterocycles. The molecule has 0 unspecified atom stereocenters. The molecule has 0 aliphatic carbocycles. The number of carbonyl (C=O) groups is 2. The number of aryl methyl sites for hydroxylation is 1. The van der Waals surface area contributed by atoms with Crippen LogP contribution < -0.4 is 0 Å². The molecule has 1 aromatic rings. The Hall–Kier alpha value is -1.86. The molecule has 28 heavy (non-hydrogen) atoms. The minimum absolute atomic E-state index is 0.0449. The molecule has 1 heterocycles. The van der Waals surface area contributed by atoms with Gasteiger partial charge in [-0.3, -0.25) is 9.59 Å². The molecule has 0 aliphatic rings. The van der Waals surface area contributed by atoms with Crippen molar-refractivity contribution in [3.05, 3.63) is 24.0 Å². The molecule has 0 bridgehead atoms. The van der Waals surface area contributed by atoms with Gasteiger partial charge in [0.15, 0.2) is 0 Å². The van der Waals surface area contributed by atoms with E-state index in [1.165, 1.54) is 0 Å². The molecule has 0 aromatic carbocycles. The molecule has 7 heteroatoms. The van der Waals surface area contributed by atoms with Crippen LogP contribution in [0.4, 0.5) is 0 Å². The average Bonchev–Trinajstić information content (AvgIpc) is 3.08. The molecule has 0 fully saturated rings. The number of hydrogen-bond acceptors (Lipinski definition) is 4. The van der Waals surface area contributed by atoms with Crippen LogP contribution in [0.3, 0.4) is 0 Å². The third-order valence-electron chi connectivity index (χ3n) is 4.77. The Morgan fingerprint density at radius 1 is 1.00 bits per heavy atom. The van der Waals surface area contributed by atoms with Gasteiger partial charge in [0.1, 0.15) is 0 Å². The monoisotopic (exact) mass is 395 g/mol. The van der Waals surface area contributed by atoms with Crippen LogP contribution >= 0.6 is 0 Å². The lowest BCUT2D eigenvalue weighted by molar-refractivity contribution is -0.141. The first-order valence-electron chi connectivity index (χ1n) is 10.2. The van der Waals surface area contributed by atoms with Crippen LogP contribution in [0.25, 0.3) is 0 Å². The molecule has 0 aliphatic heterocycles. The van der Waals surface area contributed by atoms with Gasteiger partial charge in [0.2, 0.25) is 11.8 Å². The van der Waals surface area contributed by atoms with Crippen LogP contribution in [0.5, 0.6) is 0 Å². The smallest absolute Gasteiger partial charge is 0.242 e. The Kier molecular flexibility index (Phi) is 12.2. The molecular weight excluding hydrogens is 358 g/mol. The summed E-state index contributed by atoms with van der Waals surface area (Å²) < 4.78 is 12.3. The van der Waals surface area contributed by atoms with Crippen molar-refractivity contribution < 1.29 is 19.1 Å². The number of nitrogens with zero attached hydrogens (tertiary/aromatic N) is 3. The van der Waals surface area contributed by atoms with E-state index in [9.17, 15) is 9.59 Å². The zero-order chi connectivity index (χ0) is 20.8. The Bertz CT molecular complexity index is 574. The standard InChI is InChI=1S/C21H37N3O4/c1-5-6-7-11-20(25)23(13-9-15-27-3)18-21(26)24(14-16-28-4)17-19-10-8-12-22(19)2/h8,10,12H,5-7,9,11,13-18H2,1-4H3. The lowest BCUT2D eigenvalue weighted by atomic mass is 10.2. The van der Waals surface area contributed by atoms with E-state index in [4.69, 9.17) is 9.47 Å². The number of methoxy groups -OCH3 is 2. The minimum Gasteiger partial charge on any atom is -0.385 e. The maximum Gasteiger partial charge on any atom is 0.242 e. The third kappa shape index (κ3) is 8.89. The van der Waals surface area contributed by atoms with Crippen molar-refractivity contribution in [3.8, 4) is 0 Å². The second kappa shape index (κ2) is 14.2. The molecular formula is C21H37N3O4. The van der Waals surface area contributed by atoms with Crippen molar-refractivity contribution in [3.63, 3.8) is 0 Å². The highest BCUT2D eigenvalue weighted by Gasteiger charge is 2.21. The van der Waals surface area contributed by atoms with E-state index in [2.05, 4.69) is 6.92 Å². The SMILES string of the molecule is CCCCCC(=O)N(CCCOC)CC(=O)N(CCOC)Cc1cccn1C. The number of carbonyl (C=O) groups excluding carboxylic acids is 2. The Morgan fingerprint density at radius 2 is 1.75 bits per heavy atom. The molecule has 1 rings (SSSR count). The van der Waals surface area contributed by atoms with E-state index in [0.29, 0.717) is 39.3 Å². The van der Waals surface area contributed by atoms with Crippen LogP contribution in [0, 0.1) is 0 Å². The fourth-order valence-electron chi connectivity index (χ4n) is 2.99. The number of aromatic nitrogens is 1. The number of rotatable bonds is 15. The van der Waals surface area contributed by atoms with Gasteiger partial charge < -0.3 is 23.8 Å². The Labute approximate surface area is 169 Å². The van der Waals surface area contributed by atoms with Crippen LogP contribution in [-0.4, -0.2) is 73.2 Å². The third-order valence-corrected chi connectivity index (χ3v) is 4.77. The van der Waals surface area contributed by atoms with Crippen LogP contribution in [-0.2, 0) is 32.7 Å². The fourth-order valence-corrected chi connectivity index (χ4v) is 2.99. The van der Waals surface area contributed by atoms with Gasteiger partial charge in [-0.1, -0.05) is 19.8 Å². The Morgan fingerprint density at radius 3 is 2.36 bits per heavy atom. The summed E-state index contributed by atoms with van der Waals surface area (Å²) >= 11 is 0. The first-order chi connectivity index (χ1) is 13.5. The van der Waals surface area contributed by atoms with E-state index in [-0.39, 0.29) is 18.4 Å². The van der Waals surface area contributed by atoms with Gasteiger partial charge in [0, 0.05) is 59.3 Å². The van der Waals surface area contributed by atoms with Crippen LogP contribution in [0.1, 0.15) is 44.7 Å². The topological polar surface area (TPSA) is 64.0 Å². The zero-order valence-electron chi connectivity index (χ0n) is 18.0. The number of unbranched alkanes of at least 4 members (excludes halogenated alkanes) is 2. The van der Waals surface area contributed by atoms with E-state index >= 15 is 0 Å². The van der Waals surface area contributed by atoms with Gasteiger partial charge in [-0.2, -0.15) is 0 Å². The summed E-state index contributed by atoms with van der Waals surface area (Å²) in [6, 6.07) is 3.96.